The summed E-state index contributed by atoms with van der Waals surface area (Å²) in [5, 5.41) is 10.8. The van der Waals surface area contributed by atoms with Crippen molar-refractivity contribution in [2.45, 2.75) is 127 Å². The van der Waals surface area contributed by atoms with Crippen LogP contribution in [0.3, 0.4) is 0 Å². The average Bonchev–Trinajstić information content (AvgIpc) is 3.31. The quantitative estimate of drug-likeness (QED) is 0.0154. The fraction of sp³-hybridized carbons (Fsp3) is 0.698. The first-order valence-electron chi connectivity index (χ1n) is 24.2. The summed E-state index contributed by atoms with van der Waals surface area (Å²) in [6.07, 6.45) is 0.930. The van der Waals surface area contributed by atoms with Crippen molar-refractivity contribution >= 4 is 76.7 Å². The zero-order valence-electron chi connectivity index (χ0n) is 42.4. The van der Waals surface area contributed by atoms with E-state index < -0.39 is 89.8 Å². The standard InChI is InChI=1S/C43H85N23O7/c1-24(34(70)57-2)21-31(67)28(12-6-18-61-41(51)52)64-35(71)25(9-3-15-58-38(45)46)22-32(68)29(13-7-19-62-42(53)54)65-36(72)26(10-4-16-59-39(47)48)23-33(69)30(14-8-20-63-43(55)56)66-37(73)27(44)11-5-17-60-40(49)50/h24-30H,3-23,44H2,1-2H3,(H,57,70)(H,64,71)(H,65,72)(H,66,73)(H4,45,46,58)(H4,47,48,59)(H4,49,50,60)(H4,51,52,61)(H4,53,54,62)(H4,55,56,63)/t24-,25-,26-,27+,28+,29+,30+/m1/s1. The molecule has 414 valence electrons. The Bertz CT molecular complexity index is 1930. The van der Waals surface area contributed by atoms with Crippen molar-refractivity contribution in [2.75, 3.05) is 46.3 Å². The first-order valence-corrected chi connectivity index (χ1v) is 24.2. The largest absolute Gasteiger partial charge is 0.370 e. The van der Waals surface area contributed by atoms with E-state index in [2.05, 4.69) is 51.2 Å². The van der Waals surface area contributed by atoms with E-state index in [1.807, 2.05) is 0 Å². The molecule has 0 aliphatic carbocycles. The molecule has 30 N–H and O–H groups in total. The van der Waals surface area contributed by atoms with E-state index in [-0.39, 0.29) is 158 Å². The lowest BCUT2D eigenvalue weighted by Gasteiger charge is -2.26. The maximum absolute atomic E-state index is 14.5. The summed E-state index contributed by atoms with van der Waals surface area (Å²) in [5.41, 5.74) is 72.1. The molecular weight excluding hydrogens is 951 g/mol. The van der Waals surface area contributed by atoms with Crippen LogP contribution in [0.4, 0.5) is 0 Å². The van der Waals surface area contributed by atoms with Gasteiger partial charge in [-0.25, -0.2) is 0 Å². The number of carbonyl (C=O) groups excluding carboxylic acids is 7. The maximum Gasteiger partial charge on any atom is 0.237 e. The van der Waals surface area contributed by atoms with Gasteiger partial charge < -0.3 is 95.8 Å². The summed E-state index contributed by atoms with van der Waals surface area (Å²) in [6.45, 7) is 2.31. The fourth-order valence-corrected chi connectivity index (χ4v) is 7.26. The third-order valence-electron chi connectivity index (χ3n) is 11.1. The normalized spacial score (nSPS) is 13.6. The topological polar surface area (TPSA) is 580 Å². The summed E-state index contributed by atoms with van der Waals surface area (Å²) < 4.78 is 0. The molecule has 4 amide bonds. The molecule has 0 aromatic rings. The lowest BCUT2D eigenvalue weighted by molar-refractivity contribution is -0.136. The highest BCUT2D eigenvalue weighted by molar-refractivity contribution is 5.97. The number of carbonyl (C=O) groups is 7. The Morgan fingerprint density at radius 3 is 0.918 bits per heavy atom. The Morgan fingerprint density at radius 2 is 0.630 bits per heavy atom. The van der Waals surface area contributed by atoms with Gasteiger partial charge in [0.25, 0.3) is 0 Å². The highest BCUT2D eigenvalue weighted by atomic mass is 16.2. The molecule has 30 heteroatoms. The second-order valence-electron chi connectivity index (χ2n) is 17.4. The summed E-state index contributed by atoms with van der Waals surface area (Å²) in [5.74, 6) is -7.89. The van der Waals surface area contributed by atoms with Crippen molar-refractivity contribution in [3.8, 4) is 0 Å². The van der Waals surface area contributed by atoms with Gasteiger partial charge in [0.15, 0.2) is 53.1 Å². The Kier molecular flexibility index (Phi) is 33.4. The Balaban J connectivity index is 7.05. The molecule has 0 bridgehead atoms. The molecule has 0 aliphatic heterocycles. The van der Waals surface area contributed by atoms with Gasteiger partial charge in [-0.1, -0.05) is 6.92 Å². The van der Waals surface area contributed by atoms with Crippen LogP contribution in [-0.4, -0.2) is 147 Å². The first-order chi connectivity index (χ1) is 34.4. The minimum atomic E-state index is -1.25. The molecule has 0 rings (SSSR count). The lowest BCUT2D eigenvalue weighted by Crippen LogP contribution is -2.50. The van der Waals surface area contributed by atoms with Crippen LogP contribution < -0.4 is 95.8 Å². The number of Topliss-reactive ketones (excluding diaryl/α,β-unsaturated/α-hetero) is 3. The van der Waals surface area contributed by atoms with E-state index in [1.54, 1.807) is 6.92 Å². The number of amides is 4. The highest BCUT2D eigenvalue weighted by Crippen LogP contribution is 2.21. The molecule has 0 radical (unpaired) electrons. The van der Waals surface area contributed by atoms with Crippen LogP contribution in [0.5, 0.6) is 0 Å². The zero-order chi connectivity index (χ0) is 55.5. The maximum atomic E-state index is 14.5. The van der Waals surface area contributed by atoms with Crippen LogP contribution in [0.25, 0.3) is 0 Å². The number of nitrogens with one attached hydrogen (secondary N) is 4. The summed E-state index contributed by atoms with van der Waals surface area (Å²) in [7, 11) is 1.44. The number of nitrogens with zero attached hydrogens (tertiary/aromatic N) is 6. The van der Waals surface area contributed by atoms with Gasteiger partial charge in [0, 0.05) is 83.3 Å². The van der Waals surface area contributed by atoms with E-state index in [9.17, 15) is 33.6 Å². The monoisotopic (exact) mass is 1040 g/mol. The van der Waals surface area contributed by atoms with E-state index >= 15 is 0 Å². The Morgan fingerprint density at radius 1 is 0.370 bits per heavy atom. The van der Waals surface area contributed by atoms with Crippen LogP contribution >= 0.6 is 0 Å². The molecule has 0 unspecified atom stereocenters. The molecular formula is C43H85N23O7. The summed E-state index contributed by atoms with van der Waals surface area (Å²) in [4.78, 5) is 120. The third-order valence-corrected chi connectivity index (χ3v) is 11.1. The summed E-state index contributed by atoms with van der Waals surface area (Å²) >= 11 is 0. The highest BCUT2D eigenvalue weighted by Gasteiger charge is 2.34. The van der Waals surface area contributed by atoms with Crippen LogP contribution in [-0.2, 0) is 33.6 Å². The smallest absolute Gasteiger partial charge is 0.237 e. The van der Waals surface area contributed by atoms with Gasteiger partial charge in [-0.2, -0.15) is 0 Å². The molecule has 0 spiro atoms. The van der Waals surface area contributed by atoms with Crippen molar-refractivity contribution in [2.24, 2.45) is 122 Å². The fourth-order valence-electron chi connectivity index (χ4n) is 7.26. The number of guanidine groups is 6. The third kappa shape index (κ3) is 32.1. The molecule has 0 fully saturated rings. The Hall–Kier alpha value is -7.53. The van der Waals surface area contributed by atoms with E-state index in [1.165, 1.54) is 7.05 Å². The van der Waals surface area contributed by atoms with Crippen LogP contribution in [0.1, 0.15) is 103 Å². The second-order valence-corrected chi connectivity index (χ2v) is 17.4. The molecule has 7 atom stereocenters. The average molecular weight is 1040 g/mol. The molecule has 0 saturated heterocycles. The lowest BCUT2D eigenvalue weighted by atomic mass is 9.89. The molecule has 0 aromatic heterocycles. The number of hydrogen-bond donors (Lipinski definition) is 17. The molecule has 0 saturated carbocycles. The van der Waals surface area contributed by atoms with Gasteiger partial charge in [0.1, 0.15) is 0 Å². The van der Waals surface area contributed by atoms with Crippen molar-refractivity contribution in [1.29, 1.82) is 0 Å². The number of aliphatic imine (C=N–C) groups is 6. The zero-order valence-corrected chi connectivity index (χ0v) is 42.4. The number of rotatable bonds is 40. The van der Waals surface area contributed by atoms with Gasteiger partial charge in [0.05, 0.1) is 24.2 Å². The van der Waals surface area contributed by atoms with Crippen molar-refractivity contribution in [1.82, 2.24) is 21.3 Å². The van der Waals surface area contributed by atoms with Gasteiger partial charge in [0.2, 0.25) is 23.6 Å². The van der Waals surface area contributed by atoms with Gasteiger partial charge >= 0.3 is 0 Å². The predicted molar refractivity (Wildman–Crippen MR) is 282 cm³/mol. The van der Waals surface area contributed by atoms with Crippen molar-refractivity contribution in [3.05, 3.63) is 0 Å². The molecule has 0 aromatic carbocycles. The van der Waals surface area contributed by atoms with E-state index in [0.717, 1.165) is 0 Å². The minimum Gasteiger partial charge on any atom is -0.370 e. The van der Waals surface area contributed by atoms with Crippen LogP contribution in [0.2, 0.25) is 0 Å². The predicted octanol–water partition coefficient (Wildman–Crippen LogP) is -6.42. The minimum absolute atomic E-state index is 0.00775. The van der Waals surface area contributed by atoms with Crippen molar-refractivity contribution in [3.63, 3.8) is 0 Å². The van der Waals surface area contributed by atoms with Gasteiger partial charge in [-0.05, 0) is 77.0 Å². The number of nitrogens with two attached hydrogens (primary N) is 13. The van der Waals surface area contributed by atoms with Crippen LogP contribution in [0, 0.1) is 17.8 Å². The molecule has 73 heavy (non-hydrogen) atoms. The van der Waals surface area contributed by atoms with Crippen molar-refractivity contribution < 1.29 is 33.6 Å². The van der Waals surface area contributed by atoms with E-state index in [0.29, 0.717) is 6.42 Å². The van der Waals surface area contributed by atoms with E-state index in [4.69, 9.17) is 74.5 Å². The van der Waals surface area contributed by atoms with Crippen LogP contribution in [0.15, 0.2) is 30.0 Å². The summed E-state index contributed by atoms with van der Waals surface area (Å²) in [6, 6.07) is -4.52. The van der Waals surface area contributed by atoms with Gasteiger partial charge in [-0.3, -0.25) is 63.5 Å². The SMILES string of the molecule is CNC(=O)[C@H](C)CC(=O)[C@H](CCCN=C(N)N)NC(=O)[C@H](CCCN=C(N)N)CC(=O)[C@H](CCCN=C(N)N)NC(=O)[C@H](CCCN=C(N)N)CC(=O)[C@H](CCCN=C(N)N)NC(=O)[C@@H](N)CCCN=C(N)N. The Labute approximate surface area is 426 Å². The molecule has 0 heterocycles. The molecule has 30 nitrogen and oxygen atoms in total. The number of hydrogen-bond acceptors (Lipinski definition) is 14. The first kappa shape index (κ1) is 65.5. The number of ketones is 3. The van der Waals surface area contributed by atoms with Gasteiger partial charge in [-0.15, -0.1) is 0 Å². The molecule has 0 aliphatic rings. The second kappa shape index (κ2) is 37.3.